The van der Waals surface area contributed by atoms with Crippen LogP contribution in [0.1, 0.15) is 51.0 Å². The van der Waals surface area contributed by atoms with Crippen molar-refractivity contribution in [3.05, 3.63) is 41.8 Å². The van der Waals surface area contributed by atoms with Crippen molar-refractivity contribution in [2.45, 2.75) is 52.6 Å². The molecule has 1 aromatic heterocycles. The van der Waals surface area contributed by atoms with Crippen LogP contribution in [-0.4, -0.2) is 40.8 Å². The van der Waals surface area contributed by atoms with E-state index in [1.807, 2.05) is 27.7 Å². The van der Waals surface area contributed by atoms with Crippen molar-refractivity contribution >= 4 is 11.8 Å². The maximum absolute atomic E-state index is 13.1. The minimum atomic E-state index is -0.773. The average molecular weight is 419 g/mol. The van der Waals surface area contributed by atoms with Crippen LogP contribution in [0.5, 0.6) is 0 Å². The van der Waals surface area contributed by atoms with Gasteiger partial charge < -0.3 is 20.3 Å². The number of benzene rings is 1. The molecule has 2 aromatic rings. The lowest BCUT2D eigenvalue weighted by atomic mass is 10.0. The summed E-state index contributed by atoms with van der Waals surface area (Å²) in [5, 5.41) is 18.8. The molecule has 30 heavy (non-hydrogen) atoms. The number of nitrogens with zero attached hydrogens (tertiary/aromatic N) is 1. The maximum atomic E-state index is 13.1. The number of nitrogens with one attached hydrogen (secondary N) is 2. The van der Waals surface area contributed by atoms with Crippen LogP contribution in [0.3, 0.4) is 0 Å². The van der Waals surface area contributed by atoms with Crippen LogP contribution in [0.15, 0.2) is 34.9 Å². The molecule has 2 rings (SSSR count). The number of carbonyl (C=O) groups is 2. The summed E-state index contributed by atoms with van der Waals surface area (Å²) in [6, 6.07) is 5.92. The van der Waals surface area contributed by atoms with Crippen molar-refractivity contribution in [2.75, 3.05) is 6.61 Å². The summed E-state index contributed by atoms with van der Waals surface area (Å²) in [6.45, 7) is 7.74. The minimum absolute atomic E-state index is 0.0248. The van der Waals surface area contributed by atoms with Crippen molar-refractivity contribution in [1.29, 1.82) is 0 Å². The largest absolute Gasteiger partial charge is 0.394 e. The fourth-order valence-electron chi connectivity index (χ4n) is 3.12. The molecule has 1 heterocycles. The minimum Gasteiger partial charge on any atom is -0.394 e. The highest BCUT2D eigenvalue weighted by Crippen LogP contribution is 2.20. The standard InChI is InChI=1S/C22H30FN3O4/c1-13(2)9-17(12-27)24-21(28)18(10-14(3)4)25-22(29)19-11-20(30-26-19)15-5-7-16(23)8-6-15/h5-8,11,13-14,17-18,27H,9-10,12H2,1-4H3,(H,24,28)(H,25,29). The summed E-state index contributed by atoms with van der Waals surface area (Å²) in [6.07, 6.45) is 1.06. The third kappa shape index (κ3) is 6.95. The molecule has 2 unspecified atom stereocenters. The molecule has 3 N–H and O–H groups in total. The number of amides is 2. The molecule has 0 radical (unpaired) electrons. The van der Waals surface area contributed by atoms with Crippen molar-refractivity contribution in [3.8, 4) is 11.3 Å². The second-order valence-electron chi connectivity index (χ2n) is 8.26. The summed E-state index contributed by atoms with van der Waals surface area (Å²) in [5.41, 5.74) is 0.607. The molecule has 0 aliphatic carbocycles. The average Bonchev–Trinajstić information content (AvgIpc) is 3.17. The molecule has 0 bridgehead atoms. The zero-order valence-corrected chi connectivity index (χ0v) is 17.8. The van der Waals surface area contributed by atoms with E-state index >= 15 is 0 Å². The van der Waals surface area contributed by atoms with E-state index in [9.17, 15) is 19.1 Å². The van der Waals surface area contributed by atoms with Gasteiger partial charge in [-0.1, -0.05) is 32.9 Å². The Morgan fingerprint density at radius 2 is 1.70 bits per heavy atom. The Morgan fingerprint density at radius 1 is 1.07 bits per heavy atom. The number of aromatic nitrogens is 1. The van der Waals surface area contributed by atoms with Crippen LogP contribution < -0.4 is 10.6 Å². The van der Waals surface area contributed by atoms with E-state index in [-0.39, 0.29) is 36.0 Å². The third-order valence-electron chi connectivity index (χ3n) is 4.52. The Kier molecular flexibility index (Phi) is 8.53. The van der Waals surface area contributed by atoms with E-state index in [4.69, 9.17) is 4.52 Å². The molecule has 1 aromatic carbocycles. The topological polar surface area (TPSA) is 104 Å². The third-order valence-corrected chi connectivity index (χ3v) is 4.52. The van der Waals surface area contributed by atoms with Crippen LogP contribution in [0.2, 0.25) is 0 Å². The van der Waals surface area contributed by atoms with Gasteiger partial charge in [-0.3, -0.25) is 9.59 Å². The zero-order valence-electron chi connectivity index (χ0n) is 17.8. The van der Waals surface area contributed by atoms with E-state index in [2.05, 4.69) is 15.8 Å². The fraction of sp³-hybridized carbons (Fsp3) is 0.500. The van der Waals surface area contributed by atoms with E-state index in [0.717, 1.165) is 0 Å². The predicted octanol–water partition coefficient (Wildman–Crippen LogP) is 3.15. The summed E-state index contributed by atoms with van der Waals surface area (Å²) in [5.74, 6) is -0.484. The second-order valence-corrected chi connectivity index (χ2v) is 8.26. The predicted molar refractivity (Wildman–Crippen MR) is 111 cm³/mol. The number of halogens is 1. The van der Waals surface area contributed by atoms with E-state index in [1.165, 1.54) is 30.3 Å². The highest BCUT2D eigenvalue weighted by atomic mass is 19.1. The fourth-order valence-corrected chi connectivity index (χ4v) is 3.12. The van der Waals surface area contributed by atoms with Gasteiger partial charge in [0.15, 0.2) is 11.5 Å². The van der Waals surface area contributed by atoms with Crippen molar-refractivity contribution in [1.82, 2.24) is 15.8 Å². The van der Waals surface area contributed by atoms with E-state index in [0.29, 0.717) is 30.1 Å². The number of aliphatic hydroxyl groups is 1. The van der Waals surface area contributed by atoms with Gasteiger partial charge in [0.1, 0.15) is 11.9 Å². The smallest absolute Gasteiger partial charge is 0.274 e. The first-order chi connectivity index (χ1) is 14.2. The van der Waals surface area contributed by atoms with Gasteiger partial charge >= 0.3 is 0 Å². The molecule has 0 saturated carbocycles. The van der Waals surface area contributed by atoms with Gasteiger partial charge in [-0.05, 0) is 48.9 Å². The molecule has 2 atom stereocenters. The highest BCUT2D eigenvalue weighted by molar-refractivity contribution is 5.96. The van der Waals surface area contributed by atoms with Gasteiger partial charge in [-0.2, -0.15) is 0 Å². The van der Waals surface area contributed by atoms with Crippen molar-refractivity contribution in [2.24, 2.45) is 11.8 Å². The Morgan fingerprint density at radius 3 is 2.27 bits per heavy atom. The lowest BCUT2D eigenvalue weighted by molar-refractivity contribution is -0.124. The van der Waals surface area contributed by atoms with Gasteiger partial charge in [0.25, 0.3) is 5.91 Å². The molecule has 0 aliphatic heterocycles. The van der Waals surface area contributed by atoms with Gasteiger partial charge in [0, 0.05) is 11.6 Å². The van der Waals surface area contributed by atoms with Gasteiger partial charge in [0.2, 0.25) is 5.91 Å². The van der Waals surface area contributed by atoms with Crippen LogP contribution in [0, 0.1) is 17.7 Å². The molecule has 2 amide bonds. The number of hydrogen-bond acceptors (Lipinski definition) is 5. The van der Waals surface area contributed by atoms with Gasteiger partial charge in [-0.25, -0.2) is 4.39 Å². The molecule has 0 saturated heterocycles. The molecule has 0 aliphatic rings. The van der Waals surface area contributed by atoms with E-state index < -0.39 is 11.9 Å². The molecular formula is C22H30FN3O4. The highest BCUT2D eigenvalue weighted by Gasteiger charge is 2.26. The Bertz CT molecular complexity index is 833. The summed E-state index contributed by atoms with van der Waals surface area (Å²) in [4.78, 5) is 25.4. The summed E-state index contributed by atoms with van der Waals surface area (Å²) >= 11 is 0. The second kappa shape index (κ2) is 10.9. The Hall–Kier alpha value is -2.74. The normalized spacial score (nSPS) is 13.3. The van der Waals surface area contributed by atoms with E-state index in [1.54, 1.807) is 0 Å². The molecule has 0 fully saturated rings. The van der Waals surface area contributed by atoms with Crippen LogP contribution in [0.25, 0.3) is 11.3 Å². The lowest BCUT2D eigenvalue weighted by Crippen LogP contribution is -2.51. The van der Waals surface area contributed by atoms with Crippen LogP contribution in [-0.2, 0) is 4.79 Å². The Labute approximate surface area is 176 Å². The Balaban J connectivity index is 2.09. The molecule has 0 spiro atoms. The van der Waals surface area contributed by atoms with Gasteiger partial charge in [0.05, 0.1) is 12.6 Å². The number of rotatable bonds is 10. The SMILES string of the molecule is CC(C)CC(CO)NC(=O)C(CC(C)C)NC(=O)c1cc(-c2ccc(F)cc2)on1. The lowest BCUT2D eigenvalue weighted by Gasteiger charge is -2.24. The number of hydrogen-bond donors (Lipinski definition) is 3. The maximum Gasteiger partial charge on any atom is 0.274 e. The van der Waals surface area contributed by atoms with Crippen molar-refractivity contribution < 1.29 is 23.6 Å². The quantitative estimate of drug-likeness (QED) is 0.549. The molecule has 8 heteroatoms. The summed E-state index contributed by atoms with van der Waals surface area (Å²) < 4.78 is 18.3. The first-order valence-corrected chi connectivity index (χ1v) is 10.1. The van der Waals surface area contributed by atoms with Gasteiger partial charge in [-0.15, -0.1) is 0 Å². The van der Waals surface area contributed by atoms with Crippen molar-refractivity contribution in [3.63, 3.8) is 0 Å². The first kappa shape index (κ1) is 23.5. The molecule has 7 nitrogen and oxygen atoms in total. The van der Waals surface area contributed by atoms with Crippen LogP contribution >= 0.6 is 0 Å². The first-order valence-electron chi connectivity index (χ1n) is 10.1. The molecular weight excluding hydrogens is 389 g/mol. The van der Waals surface area contributed by atoms with Crippen LogP contribution in [0.4, 0.5) is 4.39 Å². The number of aliphatic hydroxyl groups excluding tert-OH is 1. The summed E-state index contributed by atoms with van der Waals surface area (Å²) in [7, 11) is 0. The zero-order chi connectivity index (χ0) is 22.3. The number of carbonyl (C=O) groups excluding carboxylic acids is 2. The monoisotopic (exact) mass is 419 g/mol. The molecule has 164 valence electrons.